The molecule has 9 nitrogen and oxygen atoms in total. The van der Waals surface area contributed by atoms with Gasteiger partial charge in [0, 0.05) is 44.7 Å². The molecule has 202 valence electrons. The Kier molecular flexibility index (Phi) is 9.33. The SMILES string of the molecule is CCN(CC)C(=O)CN1CCN(c2cc(NS(=O)(=O)c3cc(C)ccc3OC)cc3ccoc23)CC1.Cl. The molecule has 0 bridgehead atoms. The summed E-state index contributed by atoms with van der Waals surface area (Å²) in [6, 6.07) is 10.4. The third-order valence-electron chi connectivity index (χ3n) is 6.58. The van der Waals surface area contributed by atoms with Crippen LogP contribution in [0.1, 0.15) is 19.4 Å². The van der Waals surface area contributed by atoms with E-state index in [1.165, 1.54) is 7.11 Å². The van der Waals surface area contributed by atoms with E-state index in [1.807, 2.05) is 43.9 Å². The summed E-state index contributed by atoms with van der Waals surface area (Å²) < 4.78 is 40.3. The van der Waals surface area contributed by atoms with Gasteiger partial charge in [-0.1, -0.05) is 6.07 Å². The molecular weight excluding hydrogens is 516 g/mol. The van der Waals surface area contributed by atoms with Gasteiger partial charge in [0.1, 0.15) is 10.6 Å². The zero-order valence-electron chi connectivity index (χ0n) is 21.7. The summed E-state index contributed by atoms with van der Waals surface area (Å²) in [5.41, 5.74) is 2.79. The standard InChI is InChI=1S/C26H34N4O5S.ClH/c1-5-29(6-2)25(31)18-28-10-12-30(13-11-28)22-17-21(16-20-9-14-35-26(20)22)27-36(32,33)24-15-19(3)7-8-23(24)34-4;/h7-9,14-17,27H,5-6,10-13,18H2,1-4H3;1H. The number of rotatable bonds is 9. The molecule has 0 spiro atoms. The van der Waals surface area contributed by atoms with Gasteiger partial charge in [-0.25, -0.2) is 8.42 Å². The van der Waals surface area contributed by atoms with Crippen molar-refractivity contribution in [2.75, 3.05) is 62.5 Å². The summed E-state index contributed by atoms with van der Waals surface area (Å²) in [6.07, 6.45) is 1.61. The number of piperazine rings is 1. The molecule has 0 saturated carbocycles. The maximum absolute atomic E-state index is 13.3. The van der Waals surface area contributed by atoms with E-state index in [4.69, 9.17) is 9.15 Å². The monoisotopic (exact) mass is 550 g/mol. The van der Waals surface area contributed by atoms with Crippen molar-refractivity contribution in [3.8, 4) is 5.75 Å². The first kappa shape index (κ1) is 28.6. The first-order valence-electron chi connectivity index (χ1n) is 12.2. The highest BCUT2D eigenvalue weighted by Gasteiger charge is 2.25. The van der Waals surface area contributed by atoms with E-state index < -0.39 is 10.0 Å². The van der Waals surface area contributed by atoms with Gasteiger partial charge in [-0.2, -0.15) is 0 Å². The second kappa shape index (κ2) is 12.1. The number of amides is 1. The Bertz CT molecular complexity index is 1330. The van der Waals surface area contributed by atoms with E-state index in [-0.39, 0.29) is 29.0 Å². The fourth-order valence-corrected chi connectivity index (χ4v) is 5.87. The number of hydrogen-bond acceptors (Lipinski definition) is 7. The molecular formula is C26H35ClN4O5S. The quantitative estimate of drug-likeness (QED) is 0.431. The molecule has 2 heterocycles. The zero-order chi connectivity index (χ0) is 25.9. The van der Waals surface area contributed by atoms with Crippen molar-refractivity contribution < 1.29 is 22.4 Å². The molecule has 1 amide bonds. The number of methoxy groups -OCH3 is 1. The highest BCUT2D eigenvalue weighted by Crippen LogP contribution is 2.34. The van der Waals surface area contributed by atoms with Crippen LogP contribution in [0.4, 0.5) is 11.4 Å². The van der Waals surface area contributed by atoms with Gasteiger partial charge in [0.15, 0.2) is 5.58 Å². The lowest BCUT2D eigenvalue weighted by Crippen LogP contribution is -2.50. The highest BCUT2D eigenvalue weighted by atomic mass is 35.5. The Morgan fingerprint density at radius 1 is 1.08 bits per heavy atom. The number of ether oxygens (including phenoxy) is 1. The van der Waals surface area contributed by atoms with Crippen LogP contribution in [0.15, 0.2) is 52.0 Å². The lowest BCUT2D eigenvalue weighted by Gasteiger charge is -2.36. The van der Waals surface area contributed by atoms with Crippen molar-refractivity contribution in [3.05, 3.63) is 48.2 Å². The highest BCUT2D eigenvalue weighted by molar-refractivity contribution is 7.92. The molecule has 0 unspecified atom stereocenters. The van der Waals surface area contributed by atoms with Gasteiger partial charge >= 0.3 is 0 Å². The number of nitrogens with zero attached hydrogens (tertiary/aromatic N) is 3. The third kappa shape index (κ3) is 6.31. The summed E-state index contributed by atoms with van der Waals surface area (Å²) in [6.45, 7) is 10.5. The van der Waals surface area contributed by atoms with Crippen LogP contribution in [-0.4, -0.2) is 77.0 Å². The molecule has 37 heavy (non-hydrogen) atoms. The van der Waals surface area contributed by atoms with Gasteiger partial charge < -0.3 is 19.0 Å². The molecule has 11 heteroatoms. The summed E-state index contributed by atoms with van der Waals surface area (Å²) in [7, 11) is -2.43. The Morgan fingerprint density at radius 3 is 2.43 bits per heavy atom. The van der Waals surface area contributed by atoms with Crippen LogP contribution >= 0.6 is 12.4 Å². The minimum Gasteiger partial charge on any atom is -0.495 e. The second-order valence-corrected chi connectivity index (χ2v) is 10.6. The normalized spacial score (nSPS) is 14.3. The number of carbonyl (C=O) groups excluding carboxylic acids is 1. The number of sulfonamides is 1. The number of nitrogens with one attached hydrogen (secondary N) is 1. The van der Waals surface area contributed by atoms with Crippen LogP contribution < -0.4 is 14.4 Å². The number of carbonyl (C=O) groups is 1. The first-order chi connectivity index (χ1) is 17.2. The van der Waals surface area contributed by atoms with Crippen LogP contribution in [0.25, 0.3) is 11.0 Å². The lowest BCUT2D eigenvalue weighted by atomic mass is 10.1. The maximum atomic E-state index is 13.3. The van der Waals surface area contributed by atoms with Crippen LogP contribution in [-0.2, 0) is 14.8 Å². The predicted molar refractivity (Wildman–Crippen MR) is 149 cm³/mol. The Morgan fingerprint density at radius 2 is 1.78 bits per heavy atom. The number of anilines is 2. The second-order valence-electron chi connectivity index (χ2n) is 8.92. The smallest absolute Gasteiger partial charge is 0.265 e. The third-order valence-corrected chi connectivity index (χ3v) is 7.98. The van der Waals surface area contributed by atoms with Crippen molar-refractivity contribution in [1.82, 2.24) is 9.80 Å². The summed E-state index contributed by atoms with van der Waals surface area (Å²) in [4.78, 5) is 18.8. The molecule has 1 fully saturated rings. The molecule has 1 aliphatic heterocycles. The van der Waals surface area contributed by atoms with Gasteiger partial charge in [0.25, 0.3) is 10.0 Å². The number of hydrogen-bond donors (Lipinski definition) is 1. The van der Waals surface area contributed by atoms with E-state index in [2.05, 4.69) is 14.5 Å². The topological polar surface area (TPSA) is 95.3 Å². The predicted octanol–water partition coefficient (Wildman–Crippen LogP) is 3.96. The molecule has 0 atom stereocenters. The maximum Gasteiger partial charge on any atom is 0.265 e. The molecule has 2 aromatic carbocycles. The molecule has 0 radical (unpaired) electrons. The van der Waals surface area contributed by atoms with Crippen LogP contribution in [0.2, 0.25) is 0 Å². The average Bonchev–Trinajstić information content (AvgIpc) is 3.33. The van der Waals surface area contributed by atoms with E-state index in [9.17, 15) is 13.2 Å². The van der Waals surface area contributed by atoms with Gasteiger partial charge in [0.2, 0.25) is 5.91 Å². The van der Waals surface area contributed by atoms with Gasteiger partial charge in [-0.15, -0.1) is 12.4 Å². The van der Waals surface area contributed by atoms with E-state index in [0.717, 1.165) is 29.7 Å². The summed E-state index contributed by atoms with van der Waals surface area (Å²) >= 11 is 0. The molecule has 1 aliphatic rings. The number of benzene rings is 2. The van der Waals surface area contributed by atoms with E-state index in [0.29, 0.717) is 44.0 Å². The fraction of sp³-hybridized carbons (Fsp3) is 0.423. The molecule has 0 aliphatic carbocycles. The fourth-order valence-electron chi connectivity index (χ4n) is 4.58. The largest absolute Gasteiger partial charge is 0.495 e. The van der Waals surface area contributed by atoms with Crippen LogP contribution in [0, 0.1) is 6.92 Å². The Labute approximate surface area is 224 Å². The number of fused-ring (bicyclic) bond motifs is 1. The van der Waals surface area contributed by atoms with E-state index >= 15 is 0 Å². The lowest BCUT2D eigenvalue weighted by molar-refractivity contribution is -0.132. The van der Waals surface area contributed by atoms with Gasteiger partial charge in [0.05, 0.1) is 31.3 Å². The summed E-state index contributed by atoms with van der Waals surface area (Å²) in [5, 5.41) is 0.806. The minimum absolute atomic E-state index is 0. The number of furan rings is 1. The molecule has 1 saturated heterocycles. The summed E-state index contributed by atoms with van der Waals surface area (Å²) in [5.74, 6) is 0.429. The number of aryl methyl sites for hydroxylation is 1. The Balaban J connectivity index is 0.00000380. The van der Waals surface area contributed by atoms with Crippen molar-refractivity contribution in [3.63, 3.8) is 0 Å². The number of likely N-dealkylation sites (N-methyl/N-ethyl adjacent to an activating group) is 1. The average molecular weight is 551 g/mol. The zero-order valence-corrected chi connectivity index (χ0v) is 23.3. The van der Waals surface area contributed by atoms with Crippen molar-refractivity contribution >= 4 is 50.7 Å². The molecule has 3 aromatic rings. The Hall–Kier alpha value is -2.95. The molecule has 4 rings (SSSR count). The van der Waals surface area contributed by atoms with Crippen LogP contribution in [0.5, 0.6) is 5.75 Å². The number of halogens is 1. The van der Waals surface area contributed by atoms with E-state index in [1.54, 1.807) is 24.5 Å². The van der Waals surface area contributed by atoms with Gasteiger partial charge in [-0.3, -0.25) is 14.4 Å². The molecule has 1 aromatic heterocycles. The van der Waals surface area contributed by atoms with Gasteiger partial charge in [-0.05, 0) is 56.7 Å². The van der Waals surface area contributed by atoms with Crippen molar-refractivity contribution in [2.24, 2.45) is 0 Å². The minimum atomic E-state index is -3.89. The van der Waals surface area contributed by atoms with Crippen LogP contribution in [0.3, 0.4) is 0 Å². The van der Waals surface area contributed by atoms with Crippen molar-refractivity contribution in [2.45, 2.75) is 25.7 Å². The van der Waals surface area contributed by atoms with Crippen molar-refractivity contribution in [1.29, 1.82) is 0 Å². The molecule has 1 N–H and O–H groups in total. The first-order valence-corrected chi connectivity index (χ1v) is 13.7.